The number of rotatable bonds is 4. The van der Waals surface area contributed by atoms with Crippen LogP contribution in [0.2, 0.25) is 0 Å². The van der Waals surface area contributed by atoms with E-state index < -0.39 is 17.7 Å². The van der Waals surface area contributed by atoms with Crippen LogP contribution in [-0.2, 0) is 4.79 Å². The Hall–Kier alpha value is -3.85. The number of aliphatic hydroxyl groups excluding tert-OH is 1. The Morgan fingerprint density at radius 2 is 1.91 bits per heavy atom. The van der Waals surface area contributed by atoms with Crippen molar-refractivity contribution in [2.45, 2.75) is 18.0 Å². The number of hydrogen-bond donors (Lipinski definition) is 2. The van der Waals surface area contributed by atoms with Crippen LogP contribution in [0.25, 0.3) is 11.1 Å². The molecule has 2 aliphatic heterocycles. The lowest BCUT2D eigenvalue weighted by Gasteiger charge is -2.58. The van der Waals surface area contributed by atoms with Crippen molar-refractivity contribution >= 4 is 17.6 Å². The molecule has 2 aliphatic rings. The zero-order chi connectivity index (χ0) is 23.8. The molecule has 7 nitrogen and oxygen atoms in total. The summed E-state index contributed by atoms with van der Waals surface area (Å²) in [6.45, 7) is -0.194. The number of hydrogen-bond acceptors (Lipinski definition) is 4. The Labute approximate surface area is 194 Å². The number of amides is 3. The molecule has 0 bridgehead atoms. The van der Waals surface area contributed by atoms with Gasteiger partial charge in [-0.2, -0.15) is 0 Å². The van der Waals surface area contributed by atoms with Gasteiger partial charge in [0.15, 0.2) is 0 Å². The molecule has 9 heteroatoms. The average molecular weight is 464 g/mol. The molecule has 5 rings (SSSR count). The SMILES string of the molecule is O=C(Nc1cc(F)ccc1F)N1CC(=O)N2[C@@H](CO)[C@@H](c3ccc(-c4cccnc4)cc3)[C@@H]2C1. The quantitative estimate of drug-likeness (QED) is 0.621. The van der Waals surface area contributed by atoms with Gasteiger partial charge >= 0.3 is 6.03 Å². The smallest absolute Gasteiger partial charge is 0.322 e. The van der Waals surface area contributed by atoms with E-state index in [0.717, 1.165) is 34.9 Å². The van der Waals surface area contributed by atoms with E-state index in [-0.39, 0.29) is 49.3 Å². The predicted octanol–water partition coefficient (Wildman–Crippen LogP) is 3.23. The first-order valence-corrected chi connectivity index (χ1v) is 10.9. The third kappa shape index (κ3) is 3.88. The predicted molar refractivity (Wildman–Crippen MR) is 121 cm³/mol. The van der Waals surface area contributed by atoms with Gasteiger partial charge in [-0.05, 0) is 34.9 Å². The number of pyridine rings is 1. The van der Waals surface area contributed by atoms with E-state index in [9.17, 15) is 23.5 Å². The molecule has 2 aromatic carbocycles. The minimum atomic E-state index is -0.768. The van der Waals surface area contributed by atoms with E-state index in [1.165, 1.54) is 4.90 Å². The van der Waals surface area contributed by atoms with Crippen molar-refractivity contribution in [1.29, 1.82) is 0 Å². The lowest BCUT2D eigenvalue weighted by atomic mass is 9.73. The van der Waals surface area contributed by atoms with E-state index in [4.69, 9.17) is 0 Å². The Morgan fingerprint density at radius 3 is 2.62 bits per heavy atom. The molecule has 0 unspecified atom stereocenters. The summed E-state index contributed by atoms with van der Waals surface area (Å²) in [5.74, 6) is -1.92. The number of carbonyl (C=O) groups is 2. The van der Waals surface area contributed by atoms with Gasteiger partial charge < -0.3 is 20.2 Å². The van der Waals surface area contributed by atoms with Crippen molar-refractivity contribution in [3.8, 4) is 11.1 Å². The van der Waals surface area contributed by atoms with Crippen molar-refractivity contribution < 1.29 is 23.5 Å². The highest BCUT2D eigenvalue weighted by Crippen LogP contribution is 2.43. The van der Waals surface area contributed by atoms with Gasteiger partial charge in [0.1, 0.15) is 18.2 Å². The number of aromatic nitrogens is 1. The first kappa shape index (κ1) is 22.0. The second-order valence-electron chi connectivity index (χ2n) is 8.44. The van der Waals surface area contributed by atoms with Crippen molar-refractivity contribution in [2.75, 3.05) is 25.0 Å². The van der Waals surface area contributed by atoms with Crippen LogP contribution in [0.15, 0.2) is 67.0 Å². The van der Waals surface area contributed by atoms with Gasteiger partial charge in [-0.3, -0.25) is 9.78 Å². The number of piperazine rings is 1. The molecule has 0 spiro atoms. The molecule has 3 aromatic rings. The van der Waals surface area contributed by atoms with E-state index in [2.05, 4.69) is 10.3 Å². The van der Waals surface area contributed by atoms with Crippen LogP contribution < -0.4 is 5.32 Å². The Bertz CT molecular complexity index is 1220. The molecule has 2 saturated heterocycles. The monoisotopic (exact) mass is 464 g/mol. The molecule has 34 heavy (non-hydrogen) atoms. The molecule has 174 valence electrons. The largest absolute Gasteiger partial charge is 0.394 e. The summed E-state index contributed by atoms with van der Waals surface area (Å²) in [5.41, 5.74) is 2.62. The number of halogens is 2. The third-order valence-electron chi connectivity index (χ3n) is 6.50. The van der Waals surface area contributed by atoms with Crippen LogP contribution >= 0.6 is 0 Å². The fourth-order valence-corrected chi connectivity index (χ4v) is 4.87. The fraction of sp³-hybridized carbons (Fsp3) is 0.240. The summed E-state index contributed by atoms with van der Waals surface area (Å²) in [6, 6.07) is 13.0. The molecule has 2 fully saturated rings. The molecule has 0 aliphatic carbocycles. The molecule has 3 amide bonds. The molecule has 3 heterocycles. The van der Waals surface area contributed by atoms with Crippen LogP contribution in [-0.4, -0.2) is 63.6 Å². The molecule has 1 aromatic heterocycles. The normalized spacial score (nSPS) is 21.6. The van der Waals surface area contributed by atoms with Crippen molar-refractivity contribution in [1.82, 2.24) is 14.8 Å². The first-order chi connectivity index (χ1) is 16.5. The highest BCUT2D eigenvalue weighted by Gasteiger charge is 2.54. The van der Waals surface area contributed by atoms with Crippen LogP contribution in [0.4, 0.5) is 19.3 Å². The van der Waals surface area contributed by atoms with Crippen LogP contribution in [0.1, 0.15) is 11.5 Å². The summed E-state index contributed by atoms with van der Waals surface area (Å²) in [5, 5.41) is 12.3. The maximum absolute atomic E-state index is 14.0. The number of anilines is 1. The Balaban J connectivity index is 1.35. The number of nitrogens with one attached hydrogen (secondary N) is 1. The summed E-state index contributed by atoms with van der Waals surface area (Å²) in [4.78, 5) is 32.6. The number of aliphatic hydroxyl groups is 1. The summed E-state index contributed by atoms with van der Waals surface area (Å²) in [7, 11) is 0. The number of nitrogens with zero attached hydrogens (tertiary/aromatic N) is 3. The summed E-state index contributed by atoms with van der Waals surface area (Å²) < 4.78 is 27.4. The Morgan fingerprint density at radius 1 is 1.12 bits per heavy atom. The highest BCUT2D eigenvalue weighted by atomic mass is 19.1. The zero-order valence-corrected chi connectivity index (χ0v) is 18.1. The first-order valence-electron chi connectivity index (χ1n) is 10.9. The van der Waals surface area contributed by atoms with Crippen LogP contribution in [0.3, 0.4) is 0 Å². The average Bonchev–Trinajstić information content (AvgIpc) is 2.83. The lowest BCUT2D eigenvalue weighted by molar-refractivity contribution is -0.159. The lowest BCUT2D eigenvalue weighted by Crippen LogP contribution is -2.73. The number of urea groups is 1. The number of benzene rings is 2. The topological polar surface area (TPSA) is 85.8 Å². The molecular formula is C25H22F2N4O3. The number of carbonyl (C=O) groups excluding carboxylic acids is 2. The van der Waals surface area contributed by atoms with Gasteiger partial charge in [0, 0.05) is 30.9 Å². The van der Waals surface area contributed by atoms with Gasteiger partial charge in [-0.25, -0.2) is 13.6 Å². The van der Waals surface area contributed by atoms with Gasteiger partial charge in [0.2, 0.25) is 5.91 Å². The maximum atomic E-state index is 14.0. The molecule has 3 atom stereocenters. The van der Waals surface area contributed by atoms with Gasteiger partial charge in [-0.15, -0.1) is 0 Å². The van der Waals surface area contributed by atoms with Crippen molar-refractivity contribution in [2.24, 2.45) is 0 Å². The maximum Gasteiger partial charge on any atom is 0.322 e. The molecule has 0 saturated carbocycles. The zero-order valence-electron chi connectivity index (χ0n) is 18.1. The van der Waals surface area contributed by atoms with Crippen molar-refractivity contribution in [3.05, 3.63) is 84.2 Å². The second-order valence-corrected chi connectivity index (χ2v) is 8.44. The van der Waals surface area contributed by atoms with Crippen molar-refractivity contribution in [3.63, 3.8) is 0 Å². The second kappa shape index (κ2) is 8.83. The van der Waals surface area contributed by atoms with Gasteiger partial charge in [0.05, 0.1) is 24.4 Å². The summed E-state index contributed by atoms with van der Waals surface area (Å²) in [6.07, 6.45) is 3.48. The minimum Gasteiger partial charge on any atom is -0.394 e. The van der Waals surface area contributed by atoms with E-state index in [0.29, 0.717) is 0 Å². The van der Waals surface area contributed by atoms with Crippen LogP contribution in [0, 0.1) is 11.6 Å². The van der Waals surface area contributed by atoms with Gasteiger partial charge in [0.25, 0.3) is 0 Å². The molecular weight excluding hydrogens is 442 g/mol. The van der Waals surface area contributed by atoms with E-state index >= 15 is 0 Å². The summed E-state index contributed by atoms with van der Waals surface area (Å²) >= 11 is 0. The van der Waals surface area contributed by atoms with Crippen LogP contribution in [0.5, 0.6) is 0 Å². The minimum absolute atomic E-state index is 0.168. The van der Waals surface area contributed by atoms with Gasteiger partial charge in [-0.1, -0.05) is 30.3 Å². The number of fused-ring (bicyclic) bond motifs is 1. The fourth-order valence-electron chi connectivity index (χ4n) is 4.87. The van der Waals surface area contributed by atoms with E-state index in [1.54, 1.807) is 17.3 Å². The third-order valence-corrected chi connectivity index (χ3v) is 6.50. The highest BCUT2D eigenvalue weighted by molar-refractivity contribution is 5.94. The molecule has 0 radical (unpaired) electrons. The van der Waals surface area contributed by atoms with E-state index in [1.807, 2.05) is 36.4 Å². The standard InChI is InChI=1S/C25H22F2N4O3/c26-18-7-8-19(27)20(10-18)29-25(34)30-12-21-24(22(14-32)31(21)23(33)13-30)16-5-3-15(4-6-16)17-2-1-9-28-11-17/h1-11,21-22,24,32H,12-14H2,(H,29,34)/t21-,22-,24-/m0/s1. The molecule has 2 N–H and O–H groups in total. The Kier molecular flexibility index (Phi) is 5.70.